The Balaban J connectivity index is 1.35. The zero-order chi connectivity index (χ0) is 18.7. The highest BCUT2D eigenvalue weighted by atomic mass is 16.2. The second-order valence-electron chi connectivity index (χ2n) is 9.40. The minimum absolute atomic E-state index is 0.103. The highest BCUT2D eigenvalue weighted by Gasteiger charge is 2.51. The van der Waals surface area contributed by atoms with E-state index in [9.17, 15) is 14.4 Å². The van der Waals surface area contributed by atoms with Gasteiger partial charge in [0.1, 0.15) is 0 Å². The first kappa shape index (κ1) is 19.2. The molecule has 4 bridgehead atoms. The van der Waals surface area contributed by atoms with Gasteiger partial charge in [-0.1, -0.05) is 13.8 Å². The first-order chi connectivity index (χ1) is 12.3. The maximum atomic E-state index is 12.3. The van der Waals surface area contributed by atoms with E-state index in [1.807, 2.05) is 0 Å². The smallest absolute Gasteiger partial charge is 0.257 e. The van der Waals surface area contributed by atoms with Gasteiger partial charge >= 0.3 is 0 Å². The molecular formula is C20H33N3O3. The van der Waals surface area contributed by atoms with E-state index in [4.69, 9.17) is 0 Å². The normalized spacial score (nSPS) is 31.7. The molecule has 4 aliphatic rings. The summed E-state index contributed by atoms with van der Waals surface area (Å²) in [4.78, 5) is 35.8. The molecule has 0 aromatic carbocycles. The molecule has 0 radical (unpaired) electrons. The Morgan fingerprint density at radius 3 is 1.96 bits per heavy atom. The molecule has 0 aromatic heterocycles. The lowest BCUT2D eigenvalue weighted by Crippen LogP contribution is -2.51. The van der Waals surface area contributed by atoms with E-state index in [0.717, 1.165) is 24.2 Å². The molecule has 0 spiro atoms. The predicted octanol–water partition coefficient (Wildman–Crippen LogP) is 2.29. The van der Waals surface area contributed by atoms with Gasteiger partial charge in [-0.2, -0.15) is 0 Å². The van der Waals surface area contributed by atoms with Gasteiger partial charge < -0.3 is 5.32 Å². The summed E-state index contributed by atoms with van der Waals surface area (Å²) in [7, 11) is 0. The van der Waals surface area contributed by atoms with Crippen LogP contribution in [0.3, 0.4) is 0 Å². The molecule has 4 rings (SSSR count). The van der Waals surface area contributed by atoms with Crippen molar-refractivity contribution >= 4 is 17.7 Å². The average Bonchev–Trinajstić information content (AvgIpc) is 2.54. The predicted molar refractivity (Wildman–Crippen MR) is 98.6 cm³/mol. The third kappa shape index (κ3) is 4.98. The minimum Gasteiger partial charge on any atom is -0.347 e. The third-order valence-corrected chi connectivity index (χ3v) is 6.44. The Labute approximate surface area is 156 Å². The fourth-order valence-electron chi connectivity index (χ4n) is 5.76. The van der Waals surface area contributed by atoms with E-state index in [1.165, 1.54) is 38.5 Å². The van der Waals surface area contributed by atoms with E-state index in [0.29, 0.717) is 18.8 Å². The Morgan fingerprint density at radius 1 is 0.885 bits per heavy atom. The summed E-state index contributed by atoms with van der Waals surface area (Å²) in [6.07, 6.45) is 9.32. The van der Waals surface area contributed by atoms with Gasteiger partial charge in [0.15, 0.2) is 0 Å². The number of hydrogen-bond donors (Lipinski definition) is 3. The molecule has 26 heavy (non-hydrogen) atoms. The van der Waals surface area contributed by atoms with Crippen LogP contribution in [0.2, 0.25) is 0 Å². The van der Waals surface area contributed by atoms with Gasteiger partial charge in [0.2, 0.25) is 11.8 Å². The van der Waals surface area contributed by atoms with Crippen LogP contribution in [-0.4, -0.2) is 24.3 Å². The Hall–Kier alpha value is -1.59. The maximum Gasteiger partial charge on any atom is 0.257 e. The quantitative estimate of drug-likeness (QED) is 0.607. The lowest BCUT2D eigenvalue weighted by molar-refractivity contribution is -0.134. The Morgan fingerprint density at radius 2 is 1.42 bits per heavy atom. The molecule has 3 N–H and O–H groups in total. The average molecular weight is 364 g/mol. The Kier molecular flexibility index (Phi) is 5.88. The van der Waals surface area contributed by atoms with Gasteiger partial charge in [0.25, 0.3) is 5.91 Å². The SMILES string of the molecule is CC(C)CCC(=O)NCC(=O)NNC(=O)CC12CC3CC(CC(C3)C1)C2. The van der Waals surface area contributed by atoms with Crippen LogP contribution in [0.4, 0.5) is 0 Å². The van der Waals surface area contributed by atoms with E-state index in [1.54, 1.807) is 0 Å². The van der Waals surface area contributed by atoms with Crippen LogP contribution in [0.15, 0.2) is 0 Å². The summed E-state index contributed by atoms with van der Waals surface area (Å²) in [5, 5.41) is 2.59. The van der Waals surface area contributed by atoms with Crippen LogP contribution in [0, 0.1) is 29.1 Å². The first-order valence-corrected chi connectivity index (χ1v) is 10.2. The molecular weight excluding hydrogens is 330 g/mol. The molecule has 4 saturated carbocycles. The summed E-state index contributed by atoms with van der Waals surface area (Å²) >= 11 is 0. The van der Waals surface area contributed by atoms with Crippen molar-refractivity contribution in [1.82, 2.24) is 16.2 Å². The zero-order valence-electron chi connectivity index (χ0n) is 16.1. The van der Waals surface area contributed by atoms with Gasteiger partial charge in [-0.3, -0.25) is 25.2 Å². The van der Waals surface area contributed by atoms with Crippen molar-refractivity contribution in [1.29, 1.82) is 0 Å². The number of amides is 3. The molecule has 0 aromatic rings. The van der Waals surface area contributed by atoms with Crippen LogP contribution in [0.1, 0.15) is 71.6 Å². The van der Waals surface area contributed by atoms with E-state index < -0.39 is 0 Å². The fourth-order valence-corrected chi connectivity index (χ4v) is 5.76. The zero-order valence-corrected chi connectivity index (χ0v) is 16.1. The topological polar surface area (TPSA) is 87.3 Å². The van der Waals surface area contributed by atoms with Crippen molar-refractivity contribution < 1.29 is 14.4 Å². The Bertz CT molecular complexity index is 523. The summed E-state index contributed by atoms with van der Waals surface area (Å²) < 4.78 is 0. The molecule has 0 unspecified atom stereocenters. The van der Waals surface area contributed by atoms with Crippen LogP contribution in [0.25, 0.3) is 0 Å². The molecule has 0 saturated heterocycles. The largest absolute Gasteiger partial charge is 0.347 e. The van der Waals surface area contributed by atoms with Gasteiger partial charge in [0, 0.05) is 12.8 Å². The van der Waals surface area contributed by atoms with Gasteiger partial charge in [-0.25, -0.2) is 0 Å². The second kappa shape index (κ2) is 7.97. The summed E-state index contributed by atoms with van der Waals surface area (Å²) in [5.74, 6) is 2.26. The number of hydrogen-bond acceptors (Lipinski definition) is 3. The fraction of sp³-hybridized carbons (Fsp3) is 0.850. The van der Waals surface area contributed by atoms with Crippen LogP contribution in [-0.2, 0) is 14.4 Å². The van der Waals surface area contributed by atoms with Gasteiger partial charge in [-0.05, 0) is 74.0 Å². The molecule has 6 heteroatoms. The molecule has 0 aliphatic heterocycles. The van der Waals surface area contributed by atoms with Crippen LogP contribution < -0.4 is 16.2 Å². The minimum atomic E-state index is -0.387. The third-order valence-electron chi connectivity index (χ3n) is 6.44. The van der Waals surface area contributed by atoms with Gasteiger partial charge in [-0.15, -0.1) is 0 Å². The molecule has 0 atom stereocenters. The second-order valence-corrected chi connectivity index (χ2v) is 9.40. The summed E-state index contributed by atoms with van der Waals surface area (Å²) in [5.41, 5.74) is 5.13. The molecule has 0 heterocycles. The molecule has 6 nitrogen and oxygen atoms in total. The highest BCUT2D eigenvalue weighted by Crippen LogP contribution is 2.61. The standard InChI is InChI=1S/C20H33N3O3/c1-13(2)3-4-17(24)21-12-19(26)23-22-18(25)11-20-8-14-5-15(9-20)7-16(6-14)10-20/h13-16H,3-12H2,1-2H3,(H,21,24)(H,22,25)(H,23,26). The maximum absolute atomic E-state index is 12.3. The lowest BCUT2D eigenvalue weighted by Gasteiger charge is -2.56. The monoisotopic (exact) mass is 363 g/mol. The van der Waals surface area contributed by atoms with Crippen molar-refractivity contribution in [2.24, 2.45) is 29.1 Å². The van der Waals surface area contributed by atoms with Crippen molar-refractivity contribution in [3.05, 3.63) is 0 Å². The highest BCUT2D eigenvalue weighted by molar-refractivity contribution is 5.86. The van der Waals surface area contributed by atoms with Crippen molar-refractivity contribution in [2.75, 3.05) is 6.54 Å². The van der Waals surface area contributed by atoms with Crippen LogP contribution in [0.5, 0.6) is 0 Å². The summed E-state index contributed by atoms with van der Waals surface area (Å²) in [6, 6.07) is 0. The molecule has 146 valence electrons. The van der Waals surface area contributed by atoms with Crippen molar-refractivity contribution in [2.45, 2.75) is 71.6 Å². The first-order valence-electron chi connectivity index (χ1n) is 10.2. The van der Waals surface area contributed by atoms with E-state index in [2.05, 4.69) is 30.0 Å². The van der Waals surface area contributed by atoms with Crippen molar-refractivity contribution in [3.63, 3.8) is 0 Å². The summed E-state index contributed by atoms with van der Waals surface area (Å²) in [6.45, 7) is 4.01. The number of carbonyl (C=O) groups is 3. The van der Waals surface area contributed by atoms with E-state index in [-0.39, 0.29) is 29.7 Å². The van der Waals surface area contributed by atoms with E-state index >= 15 is 0 Å². The molecule has 4 fully saturated rings. The van der Waals surface area contributed by atoms with Crippen molar-refractivity contribution in [3.8, 4) is 0 Å². The number of rotatable bonds is 7. The number of nitrogens with one attached hydrogen (secondary N) is 3. The van der Waals surface area contributed by atoms with Gasteiger partial charge in [0.05, 0.1) is 6.54 Å². The molecule has 4 aliphatic carbocycles. The lowest BCUT2D eigenvalue weighted by atomic mass is 9.49. The molecule has 3 amide bonds. The number of carbonyl (C=O) groups excluding carboxylic acids is 3. The number of hydrazine groups is 1. The van der Waals surface area contributed by atoms with Crippen LogP contribution >= 0.6 is 0 Å².